The van der Waals surface area contributed by atoms with Crippen LogP contribution in [-0.2, 0) is 9.53 Å². The summed E-state index contributed by atoms with van der Waals surface area (Å²) < 4.78 is 5.42. The van der Waals surface area contributed by atoms with E-state index in [9.17, 15) is 4.79 Å². The number of carboxylic acids is 1. The van der Waals surface area contributed by atoms with Gasteiger partial charge in [0.05, 0.1) is 6.54 Å². The number of rotatable bonds is 3. The van der Waals surface area contributed by atoms with Crippen LogP contribution in [0.3, 0.4) is 0 Å². The Balaban J connectivity index is 2.00. The molecule has 0 aliphatic carbocycles. The molecule has 1 aliphatic heterocycles. The highest BCUT2D eigenvalue weighted by Crippen LogP contribution is 2.24. The Labute approximate surface area is 97.5 Å². The van der Waals surface area contributed by atoms with Gasteiger partial charge in [-0.1, -0.05) is 23.7 Å². The van der Waals surface area contributed by atoms with Crippen LogP contribution in [0.25, 0.3) is 0 Å². The highest BCUT2D eigenvalue weighted by molar-refractivity contribution is 6.30. The normalized spacial score (nSPS) is 19.1. The maximum absolute atomic E-state index is 10.5. The molecule has 1 aromatic carbocycles. The first-order valence-corrected chi connectivity index (χ1v) is 5.20. The number of aliphatic carboxylic acids is 1. The molecule has 0 spiro atoms. The summed E-state index contributed by atoms with van der Waals surface area (Å²) in [6.07, 6.45) is -0.351. The maximum Gasteiger partial charge on any atom is 0.312 e. The van der Waals surface area contributed by atoms with Crippen molar-refractivity contribution >= 4 is 23.5 Å². The number of hydrogen-bond acceptors (Lipinski definition) is 3. The Morgan fingerprint density at radius 2 is 2.19 bits per heavy atom. The summed E-state index contributed by atoms with van der Waals surface area (Å²) in [5.74, 6) is -0.650. The van der Waals surface area contributed by atoms with Crippen LogP contribution in [0.5, 0.6) is 0 Å². The molecule has 0 saturated carbocycles. The van der Waals surface area contributed by atoms with Crippen molar-refractivity contribution in [3.63, 3.8) is 0 Å². The van der Waals surface area contributed by atoms with Crippen LogP contribution >= 0.6 is 11.6 Å². The van der Waals surface area contributed by atoms with Crippen LogP contribution in [0.1, 0.15) is 18.1 Å². The Morgan fingerprint density at radius 3 is 2.81 bits per heavy atom. The van der Waals surface area contributed by atoms with Gasteiger partial charge in [0, 0.05) is 5.02 Å². The summed E-state index contributed by atoms with van der Waals surface area (Å²) in [5.41, 5.74) is 0.952. The molecule has 1 aromatic rings. The number of ether oxygens (including phenoxy) is 1. The minimum atomic E-state index is -0.935. The lowest BCUT2D eigenvalue weighted by atomic mass is 10.1. The molecule has 2 rings (SSSR count). The lowest BCUT2D eigenvalue weighted by molar-refractivity contribution is -0.135. The van der Waals surface area contributed by atoms with E-state index in [0.29, 0.717) is 11.6 Å². The van der Waals surface area contributed by atoms with Crippen molar-refractivity contribution < 1.29 is 14.6 Å². The monoisotopic (exact) mass is 239 g/mol. The molecule has 0 radical (unpaired) electrons. The van der Waals surface area contributed by atoms with E-state index in [1.807, 2.05) is 12.1 Å². The summed E-state index contributed by atoms with van der Waals surface area (Å²) in [6, 6.07) is 7.25. The predicted octanol–water partition coefficient (Wildman–Crippen LogP) is 2.28. The molecule has 1 heterocycles. The van der Waals surface area contributed by atoms with Gasteiger partial charge in [0.15, 0.2) is 5.90 Å². The van der Waals surface area contributed by atoms with Crippen molar-refractivity contribution in [2.24, 2.45) is 4.99 Å². The molecular formula is C11H10ClNO3. The van der Waals surface area contributed by atoms with Crippen molar-refractivity contribution in [2.75, 3.05) is 6.54 Å². The van der Waals surface area contributed by atoms with Gasteiger partial charge in [0.1, 0.15) is 12.5 Å². The third-order valence-electron chi connectivity index (χ3n) is 2.26. The highest BCUT2D eigenvalue weighted by atomic mass is 35.5. The molecule has 0 saturated heterocycles. The zero-order valence-electron chi connectivity index (χ0n) is 8.39. The van der Waals surface area contributed by atoms with Crippen LogP contribution in [0.2, 0.25) is 5.02 Å². The average molecular weight is 240 g/mol. The zero-order chi connectivity index (χ0) is 11.5. The lowest BCUT2D eigenvalue weighted by Gasteiger charge is -2.10. The molecule has 0 amide bonds. The van der Waals surface area contributed by atoms with Gasteiger partial charge in [-0.15, -0.1) is 0 Å². The highest BCUT2D eigenvalue weighted by Gasteiger charge is 2.22. The number of halogens is 1. The predicted molar refractivity (Wildman–Crippen MR) is 59.8 cm³/mol. The van der Waals surface area contributed by atoms with Crippen molar-refractivity contribution in [1.29, 1.82) is 0 Å². The molecule has 84 valence electrons. The topological polar surface area (TPSA) is 58.9 Å². The summed E-state index contributed by atoms with van der Waals surface area (Å²) in [5, 5.41) is 9.25. The number of carbonyl (C=O) groups is 1. The molecule has 1 aliphatic rings. The molecule has 0 fully saturated rings. The SMILES string of the molecule is O=C(O)CC1=NCC(c2ccc(Cl)cc2)O1. The van der Waals surface area contributed by atoms with Gasteiger partial charge in [-0.3, -0.25) is 9.79 Å². The fraction of sp³-hybridized carbons (Fsp3) is 0.273. The molecule has 1 N–H and O–H groups in total. The van der Waals surface area contributed by atoms with E-state index in [-0.39, 0.29) is 18.4 Å². The second-order valence-electron chi connectivity index (χ2n) is 3.46. The van der Waals surface area contributed by atoms with Crippen molar-refractivity contribution in [1.82, 2.24) is 0 Å². The minimum absolute atomic E-state index is 0.163. The van der Waals surface area contributed by atoms with Crippen LogP contribution in [0.4, 0.5) is 0 Å². The molecule has 1 unspecified atom stereocenters. The third-order valence-corrected chi connectivity index (χ3v) is 2.51. The lowest BCUT2D eigenvalue weighted by Crippen LogP contribution is -2.09. The van der Waals surface area contributed by atoms with Crippen LogP contribution in [-0.4, -0.2) is 23.5 Å². The Morgan fingerprint density at radius 1 is 1.50 bits per heavy atom. The van der Waals surface area contributed by atoms with Gasteiger partial charge in [0.2, 0.25) is 0 Å². The quantitative estimate of drug-likeness (QED) is 0.880. The second kappa shape index (κ2) is 4.53. The Kier molecular flexibility index (Phi) is 3.10. The first-order valence-electron chi connectivity index (χ1n) is 4.82. The van der Waals surface area contributed by atoms with Crippen molar-refractivity contribution in [2.45, 2.75) is 12.5 Å². The van der Waals surface area contributed by atoms with Crippen LogP contribution in [0, 0.1) is 0 Å². The van der Waals surface area contributed by atoms with Gasteiger partial charge in [-0.05, 0) is 17.7 Å². The van der Waals surface area contributed by atoms with Crippen LogP contribution in [0.15, 0.2) is 29.3 Å². The van der Waals surface area contributed by atoms with Gasteiger partial charge < -0.3 is 9.84 Å². The zero-order valence-corrected chi connectivity index (χ0v) is 9.15. The molecule has 1 atom stereocenters. The van der Waals surface area contributed by atoms with E-state index >= 15 is 0 Å². The molecule has 0 bridgehead atoms. The number of hydrogen-bond donors (Lipinski definition) is 1. The van der Waals surface area contributed by atoms with Gasteiger partial charge in [-0.25, -0.2) is 0 Å². The second-order valence-corrected chi connectivity index (χ2v) is 3.90. The average Bonchev–Trinajstić information content (AvgIpc) is 2.66. The molecule has 0 aromatic heterocycles. The first kappa shape index (κ1) is 11.0. The maximum atomic E-state index is 10.5. The molecule has 4 nitrogen and oxygen atoms in total. The first-order chi connectivity index (χ1) is 7.65. The van der Waals surface area contributed by atoms with Gasteiger partial charge in [-0.2, -0.15) is 0 Å². The van der Waals surface area contributed by atoms with Crippen LogP contribution < -0.4 is 0 Å². The van der Waals surface area contributed by atoms with E-state index in [4.69, 9.17) is 21.4 Å². The van der Waals surface area contributed by atoms with E-state index in [2.05, 4.69) is 4.99 Å². The summed E-state index contributed by atoms with van der Waals surface area (Å²) in [7, 11) is 0. The number of carboxylic acid groups (broad SMARTS) is 1. The largest absolute Gasteiger partial charge is 0.481 e. The fourth-order valence-corrected chi connectivity index (χ4v) is 1.63. The fourth-order valence-electron chi connectivity index (χ4n) is 1.50. The third kappa shape index (κ3) is 2.52. The summed E-state index contributed by atoms with van der Waals surface area (Å²) in [6.45, 7) is 0.463. The van der Waals surface area contributed by atoms with Gasteiger partial charge in [0.25, 0.3) is 0 Å². The van der Waals surface area contributed by atoms with E-state index < -0.39 is 5.97 Å². The summed E-state index contributed by atoms with van der Waals surface area (Å²) >= 11 is 5.77. The standard InChI is InChI=1S/C11H10ClNO3/c12-8-3-1-7(2-4-8)9-6-13-10(16-9)5-11(14)15/h1-4,9H,5-6H2,(H,14,15). The van der Waals surface area contributed by atoms with E-state index in [1.54, 1.807) is 12.1 Å². The number of nitrogens with zero attached hydrogens (tertiary/aromatic N) is 1. The van der Waals surface area contributed by atoms with Gasteiger partial charge >= 0.3 is 5.97 Å². The molecule has 5 heteroatoms. The van der Waals surface area contributed by atoms with E-state index in [1.165, 1.54) is 0 Å². The number of aliphatic imine (C=N–C) groups is 1. The van der Waals surface area contributed by atoms with Crippen molar-refractivity contribution in [3.8, 4) is 0 Å². The summed E-state index contributed by atoms with van der Waals surface area (Å²) in [4.78, 5) is 14.5. The minimum Gasteiger partial charge on any atom is -0.481 e. The number of benzene rings is 1. The van der Waals surface area contributed by atoms with Crippen molar-refractivity contribution in [3.05, 3.63) is 34.9 Å². The molecular weight excluding hydrogens is 230 g/mol. The Bertz CT molecular complexity index is 427. The molecule has 16 heavy (non-hydrogen) atoms. The Hall–Kier alpha value is -1.55. The van der Waals surface area contributed by atoms with E-state index in [0.717, 1.165) is 5.56 Å². The smallest absolute Gasteiger partial charge is 0.312 e.